The third-order valence-corrected chi connectivity index (χ3v) is 3.58. The number of allylic oxidation sites excluding steroid dienone is 2. The lowest BCUT2D eigenvalue weighted by atomic mass is 10.7. The maximum absolute atomic E-state index is 10.5. The van der Waals surface area contributed by atoms with Crippen LogP contribution in [0.1, 0.15) is 6.92 Å². The van der Waals surface area contributed by atoms with Crippen LogP contribution < -0.4 is 0 Å². The maximum Gasteiger partial charge on any atom is 0.289 e. The van der Waals surface area contributed by atoms with E-state index in [1.54, 1.807) is 12.2 Å². The standard InChI is InChI=1S/C8H14O2Si/c1-4-6-11(7-5-2)10-8(3)9/h4-5,11H,1-2,6-7H2,3H3. The molecule has 0 aliphatic rings. The second kappa shape index (κ2) is 5.92. The minimum absolute atomic E-state index is 0.189. The Morgan fingerprint density at radius 1 is 1.45 bits per heavy atom. The molecule has 0 N–H and O–H groups in total. The number of carbonyl (C=O) groups is 1. The third kappa shape index (κ3) is 5.60. The Hall–Kier alpha value is -0.833. The van der Waals surface area contributed by atoms with Gasteiger partial charge in [0.25, 0.3) is 5.97 Å². The molecule has 0 aliphatic heterocycles. The van der Waals surface area contributed by atoms with Crippen molar-refractivity contribution in [3.8, 4) is 0 Å². The minimum Gasteiger partial charge on any atom is -0.522 e. The van der Waals surface area contributed by atoms with Gasteiger partial charge in [0, 0.05) is 6.92 Å². The predicted octanol–water partition coefficient (Wildman–Crippen LogP) is 1.65. The van der Waals surface area contributed by atoms with E-state index in [1.807, 2.05) is 0 Å². The molecule has 62 valence electrons. The van der Waals surface area contributed by atoms with Crippen molar-refractivity contribution in [2.45, 2.75) is 19.0 Å². The largest absolute Gasteiger partial charge is 0.522 e. The van der Waals surface area contributed by atoms with Crippen LogP contribution in [0.25, 0.3) is 0 Å². The molecule has 0 aliphatic carbocycles. The highest BCUT2D eigenvalue weighted by Crippen LogP contribution is 2.02. The lowest BCUT2D eigenvalue weighted by Gasteiger charge is -2.10. The molecule has 3 heteroatoms. The topological polar surface area (TPSA) is 26.3 Å². The normalized spacial score (nSPS) is 9.27. The molecule has 0 radical (unpaired) electrons. The quantitative estimate of drug-likeness (QED) is 0.463. The van der Waals surface area contributed by atoms with Gasteiger partial charge in [-0.25, -0.2) is 0 Å². The zero-order valence-corrected chi connectivity index (χ0v) is 8.03. The SMILES string of the molecule is C=CC[SiH](CC=C)OC(C)=O. The summed E-state index contributed by atoms with van der Waals surface area (Å²) in [6.07, 6.45) is 3.59. The minimum atomic E-state index is -1.38. The lowest BCUT2D eigenvalue weighted by Crippen LogP contribution is -2.18. The monoisotopic (exact) mass is 170 g/mol. The molecule has 0 unspecified atom stereocenters. The molecule has 0 aromatic carbocycles. The van der Waals surface area contributed by atoms with Crippen LogP contribution >= 0.6 is 0 Å². The van der Waals surface area contributed by atoms with Gasteiger partial charge < -0.3 is 4.43 Å². The third-order valence-electron chi connectivity index (χ3n) is 1.19. The summed E-state index contributed by atoms with van der Waals surface area (Å²) in [5, 5.41) is 0. The summed E-state index contributed by atoms with van der Waals surface area (Å²) in [5.41, 5.74) is 0. The summed E-state index contributed by atoms with van der Waals surface area (Å²) in [5.74, 6) is -0.189. The summed E-state index contributed by atoms with van der Waals surface area (Å²) in [7, 11) is -1.38. The predicted molar refractivity (Wildman–Crippen MR) is 48.9 cm³/mol. The van der Waals surface area contributed by atoms with Crippen LogP contribution in [0.4, 0.5) is 0 Å². The summed E-state index contributed by atoms with van der Waals surface area (Å²) in [4.78, 5) is 10.5. The first kappa shape index (κ1) is 10.2. The van der Waals surface area contributed by atoms with Crippen LogP contribution in [-0.4, -0.2) is 15.0 Å². The highest BCUT2D eigenvalue weighted by atomic mass is 28.3. The highest BCUT2D eigenvalue weighted by Gasteiger charge is 2.10. The molecule has 0 atom stereocenters. The van der Waals surface area contributed by atoms with Crippen molar-refractivity contribution in [3.05, 3.63) is 25.3 Å². The Balaban J connectivity index is 3.76. The zero-order valence-electron chi connectivity index (χ0n) is 6.88. The van der Waals surface area contributed by atoms with E-state index in [0.717, 1.165) is 12.1 Å². The van der Waals surface area contributed by atoms with E-state index in [9.17, 15) is 4.79 Å². The van der Waals surface area contributed by atoms with Crippen LogP contribution in [-0.2, 0) is 9.22 Å². The molecule has 0 saturated carbocycles. The number of hydrogen-bond acceptors (Lipinski definition) is 2. The molecule has 0 saturated heterocycles. The van der Waals surface area contributed by atoms with E-state index in [4.69, 9.17) is 4.43 Å². The molecule has 0 aromatic heterocycles. The first-order valence-corrected chi connectivity index (χ1v) is 5.70. The van der Waals surface area contributed by atoms with E-state index in [2.05, 4.69) is 13.2 Å². The van der Waals surface area contributed by atoms with Crippen molar-refractivity contribution in [1.29, 1.82) is 0 Å². The van der Waals surface area contributed by atoms with E-state index in [1.165, 1.54) is 6.92 Å². The number of hydrogen-bond donors (Lipinski definition) is 0. The molecular weight excluding hydrogens is 156 g/mol. The fourth-order valence-corrected chi connectivity index (χ4v) is 2.40. The first-order valence-electron chi connectivity index (χ1n) is 3.59. The van der Waals surface area contributed by atoms with Gasteiger partial charge in [-0.2, -0.15) is 0 Å². The molecule has 0 aromatic rings. The fourth-order valence-electron chi connectivity index (χ4n) is 0.799. The van der Waals surface area contributed by atoms with Crippen LogP contribution in [0.15, 0.2) is 25.3 Å². The molecule has 0 amide bonds. The Morgan fingerprint density at radius 2 is 1.91 bits per heavy atom. The summed E-state index contributed by atoms with van der Waals surface area (Å²) < 4.78 is 5.09. The van der Waals surface area contributed by atoms with Gasteiger partial charge in [0.1, 0.15) is 0 Å². The Labute approximate surface area is 69.3 Å². The molecule has 0 bridgehead atoms. The molecule has 2 nitrogen and oxygen atoms in total. The van der Waals surface area contributed by atoms with Gasteiger partial charge in [-0.15, -0.1) is 13.2 Å². The van der Waals surface area contributed by atoms with E-state index in [0.29, 0.717) is 0 Å². The molecule has 0 spiro atoms. The van der Waals surface area contributed by atoms with Crippen LogP contribution in [0.2, 0.25) is 12.1 Å². The summed E-state index contributed by atoms with van der Waals surface area (Å²) in [6.45, 7) is 8.63. The lowest BCUT2D eigenvalue weighted by molar-refractivity contribution is -0.132. The van der Waals surface area contributed by atoms with E-state index in [-0.39, 0.29) is 5.97 Å². The van der Waals surface area contributed by atoms with Crippen molar-refractivity contribution < 1.29 is 9.22 Å². The number of rotatable bonds is 5. The van der Waals surface area contributed by atoms with Crippen molar-refractivity contribution in [1.82, 2.24) is 0 Å². The van der Waals surface area contributed by atoms with Crippen molar-refractivity contribution in [3.63, 3.8) is 0 Å². The molecule has 0 fully saturated rings. The van der Waals surface area contributed by atoms with Crippen LogP contribution in [0.3, 0.4) is 0 Å². The van der Waals surface area contributed by atoms with Crippen LogP contribution in [0.5, 0.6) is 0 Å². The molecular formula is C8H14O2Si. The average Bonchev–Trinajstić information content (AvgIpc) is 1.87. The Morgan fingerprint density at radius 3 is 2.18 bits per heavy atom. The first-order chi connectivity index (χ1) is 5.20. The Bertz CT molecular complexity index is 144. The summed E-state index contributed by atoms with van der Waals surface area (Å²) in [6, 6.07) is 1.65. The smallest absolute Gasteiger partial charge is 0.289 e. The second-order valence-corrected chi connectivity index (χ2v) is 4.70. The van der Waals surface area contributed by atoms with Crippen LogP contribution in [0, 0.1) is 0 Å². The fraction of sp³-hybridized carbons (Fsp3) is 0.375. The zero-order chi connectivity index (χ0) is 8.69. The van der Waals surface area contributed by atoms with Gasteiger partial charge in [0.2, 0.25) is 9.04 Å². The highest BCUT2D eigenvalue weighted by molar-refractivity contribution is 6.54. The van der Waals surface area contributed by atoms with Gasteiger partial charge in [-0.1, -0.05) is 12.2 Å². The average molecular weight is 170 g/mol. The molecule has 0 rings (SSSR count). The van der Waals surface area contributed by atoms with Crippen molar-refractivity contribution >= 4 is 15.0 Å². The summed E-state index contributed by atoms with van der Waals surface area (Å²) >= 11 is 0. The number of carbonyl (C=O) groups excluding carboxylic acids is 1. The molecule has 0 heterocycles. The van der Waals surface area contributed by atoms with Gasteiger partial charge in [-0.3, -0.25) is 4.79 Å². The van der Waals surface area contributed by atoms with E-state index >= 15 is 0 Å². The van der Waals surface area contributed by atoms with Crippen molar-refractivity contribution in [2.75, 3.05) is 0 Å². The van der Waals surface area contributed by atoms with Gasteiger partial charge in [-0.05, 0) is 12.1 Å². The Kier molecular flexibility index (Phi) is 5.47. The second-order valence-electron chi connectivity index (χ2n) is 2.28. The van der Waals surface area contributed by atoms with Gasteiger partial charge in [0.05, 0.1) is 0 Å². The molecule has 11 heavy (non-hydrogen) atoms. The van der Waals surface area contributed by atoms with E-state index < -0.39 is 9.04 Å². The van der Waals surface area contributed by atoms with Crippen molar-refractivity contribution in [2.24, 2.45) is 0 Å². The maximum atomic E-state index is 10.5. The van der Waals surface area contributed by atoms with Gasteiger partial charge in [0.15, 0.2) is 0 Å². The van der Waals surface area contributed by atoms with Gasteiger partial charge >= 0.3 is 0 Å².